The van der Waals surface area contributed by atoms with Gasteiger partial charge in [0.05, 0.1) is 12.6 Å². The first-order chi connectivity index (χ1) is 9.01. The Morgan fingerprint density at radius 2 is 2.32 bits per heavy atom. The van der Waals surface area contributed by atoms with E-state index in [2.05, 4.69) is 10.6 Å². The van der Waals surface area contributed by atoms with Crippen molar-refractivity contribution in [2.24, 2.45) is 0 Å². The van der Waals surface area contributed by atoms with Crippen LogP contribution in [0.2, 0.25) is 5.02 Å². The van der Waals surface area contributed by atoms with Crippen LogP contribution in [0.25, 0.3) is 0 Å². The van der Waals surface area contributed by atoms with Crippen LogP contribution in [0.1, 0.15) is 13.3 Å². The highest BCUT2D eigenvalue weighted by Crippen LogP contribution is 2.42. The number of carbonyl (C=O) groups is 2. The number of halogens is 1. The summed E-state index contributed by atoms with van der Waals surface area (Å²) in [5, 5.41) is 6.38. The lowest BCUT2D eigenvalue weighted by Crippen LogP contribution is -2.52. The number of quaternary nitrogens is 1. The number of fused-ring (bicyclic) bond motifs is 2. The van der Waals surface area contributed by atoms with Crippen molar-refractivity contribution < 1.29 is 9.59 Å². The van der Waals surface area contributed by atoms with Gasteiger partial charge < -0.3 is 5.32 Å². The lowest BCUT2D eigenvalue weighted by molar-refractivity contribution is -0.119. The second-order valence-corrected chi connectivity index (χ2v) is 5.59. The fraction of sp³-hybridized carbons (Fsp3) is 0.385. The summed E-state index contributed by atoms with van der Waals surface area (Å²) in [5.74, 6) is -0.0546. The van der Waals surface area contributed by atoms with Gasteiger partial charge >= 0.3 is 6.03 Å². The first-order valence-electron chi connectivity index (χ1n) is 6.27. The average Bonchev–Trinajstić information content (AvgIpc) is 2.83. The van der Waals surface area contributed by atoms with Crippen LogP contribution in [-0.4, -0.2) is 31.1 Å². The minimum atomic E-state index is -0.0546. The normalized spacial score (nSPS) is 28.3. The van der Waals surface area contributed by atoms with Crippen molar-refractivity contribution in [1.82, 2.24) is 9.80 Å². The van der Waals surface area contributed by atoms with Crippen LogP contribution in [0, 0.1) is 0 Å². The molecule has 3 amide bonds. The van der Waals surface area contributed by atoms with Gasteiger partial charge in [0.2, 0.25) is 5.91 Å². The van der Waals surface area contributed by atoms with Gasteiger partial charge in [0, 0.05) is 24.4 Å². The third-order valence-electron chi connectivity index (χ3n) is 3.85. The van der Waals surface area contributed by atoms with Crippen LogP contribution in [-0.2, 0) is 4.79 Å². The Bertz CT molecular complexity index is 575. The van der Waals surface area contributed by atoms with Crippen LogP contribution < -0.4 is 15.1 Å². The molecule has 0 aromatic heterocycles. The summed E-state index contributed by atoms with van der Waals surface area (Å²) in [6, 6.07) is 5.47. The molecular formula is C13H15ClN3O2+. The quantitative estimate of drug-likeness (QED) is 0.774. The Hall–Kier alpha value is -1.59. The average molecular weight is 281 g/mol. The van der Waals surface area contributed by atoms with Crippen molar-refractivity contribution in [3.05, 3.63) is 23.2 Å². The molecule has 1 aromatic rings. The molecule has 2 aliphatic rings. The maximum absolute atomic E-state index is 12.3. The molecule has 19 heavy (non-hydrogen) atoms. The van der Waals surface area contributed by atoms with Gasteiger partial charge in [-0.05, 0) is 12.1 Å². The number of nitrogens with one attached hydrogen (secondary N) is 2. The molecule has 100 valence electrons. The first kappa shape index (κ1) is 12.4. The highest BCUT2D eigenvalue weighted by atomic mass is 35.5. The third-order valence-corrected chi connectivity index (χ3v) is 4.08. The lowest BCUT2D eigenvalue weighted by Gasteiger charge is -2.24. The molecule has 1 unspecified atom stereocenters. The van der Waals surface area contributed by atoms with Crippen molar-refractivity contribution in [2.75, 3.05) is 18.4 Å². The molecule has 2 atom stereocenters. The molecule has 0 radical (unpaired) electrons. The molecule has 0 saturated carbocycles. The molecule has 2 heterocycles. The van der Waals surface area contributed by atoms with Gasteiger partial charge in [-0.2, -0.15) is 0 Å². The van der Waals surface area contributed by atoms with Crippen LogP contribution >= 0.6 is 11.6 Å². The fourth-order valence-electron chi connectivity index (χ4n) is 3.06. The predicted octanol–water partition coefficient (Wildman–Crippen LogP) is 2.10. The van der Waals surface area contributed by atoms with Crippen molar-refractivity contribution >= 4 is 34.9 Å². The number of hydrogen-bond acceptors (Lipinski definition) is 2. The number of rotatable bonds is 1. The zero-order chi connectivity index (χ0) is 13.6. The standard InChI is InChI=1S/C13H14ClN3O2/c1-8(18)15-10-4-5-17(7-10)12-3-2-9(14)6-11(12)16-13(17)19/h2-3,6,10H,4-5,7H2,1H3,(H-,15,16,18,19)/p+1/t10?,17-/m0/s1. The Labute approximate surface area is 116 Å². The minimum Gasteiger partial charge on any atom is -0.348 e. The maximum Gasteiger partial charge on any atom is 0.426 e. The van der Waals surface area contributed by atoms with E-state index in [0.29, 0.717) is 18.1 Å². The van der Waals surface area contributed by atoms with E-state index < -0.39 is 0 Å². The Morgan fingerprint density at radius 3 is 3.05 bits per heavy atom. The largest absolute Gasteiger partial charge is 0.426 e. The van der Waals surface area contributed by atoms with Gasteiger partial charge in [0.15, 0.2) is 5.69 Å². The molecule has 1 fully saturated rings. The van der Waals surface area contributed by atoms with Gasteiger partial charge in [-0.25, -0.2) is 9.28 Å². The summed E-state index contributed by atoms with van der Waals surface area (Å²) in [4.78, 5) is 23.4. The molecule has 2 N–H and O–H groups in total. The topological polar surface area (TPSA) is 58.2 Å². The number of anilines is 1. The van der Waals surface area contributed by atoms with E-state index in [1.54, 1.807) is 12.1 Å². The van der Waals surface area contributed by atoms with Crippen LogP contribution in [0.5, 0.6) is 0 Å². The monoisotopic (exact) mass is 280 g/mol. The maximum atomic E-state index is 12.3. The van der Waals surface area contributed by atoms with Gasteiger partial charge in [-0.15, -0.1) is 0 Å². The lowest BCUT2D eigenvalue weighted by atomic mass is 10.2. The number of carbonyl (C=O) groups excluding carboxylic acids is 2. The molecule has 1 spiro atoms. The smallest absolute Gasteiger partial charge is 0.348 e. The Kier molecular flexibility index (Phi) is 2.76. The number of benzene rings is 1. The SMILES string of the molecule is CC(=O)NC1CC[N@@+]2(C1)C(=O)Nc1cc(Cl)ccc12. The summed E-state index contributed by atoms with van der Waals surface area (Å²) in [5.41, 5.74) is 1.73. The van der Waals surface area contributed by atoms with E-state index in [1.807, 2.05) is 6.07 Å². The first-order valence-corrected chi connectivity index (χ1v) is 6.65. The molecule has 6 heteroatoms. The zero-order valence-corrected chi connectivity index (χ0v) is 11.3. The summed E-state index contributed by atoms with van der Waals surface area (Å²) < 4.78 is 0.261. The van der Waals surface area contributed by atoms with E-state index in [4.69, 9.17) is 11.6 Å². The molecule has 0 aliphatic carbocycles. The molecule has 2 aliphatic heterocycles. The van der Waals surface area contributed by atoms with E-state index in [-0.39, 0.29) is 22.5 Å². The van der Waals surface area contributed by atoms with E-state index in [1.165, 1.54) is 6.92 Å². The van der Waals surface area contributed by atoms with Crippen molar-refractivity contribution in [3.8, 4) is 0 Å². The van der Waals surface area contributed by atoms with Gasteiger partial charge in [0.1, 0.15) is 12.2 Å². The van der Waals surface area contributed by atoms with Crippen molar-refractivity contribution in [1.29, 1.82) is 0 Å². The van der Waals surface area contributed by atoms with Crippen molar-refractivity contribution in [3.63, 3.8) is 0 Å². The molecule has 3 rings (SSSR count). The number of amides is 3. The molecule has 5 nitrogen and oxygen atoms in total. The van der Waals surface area contributed by atoms with E-state index in [9.17, 15) is 9.59 Å². The summed E-state index contributed by atoms with van der Waals surface area (Å²) >= 11 is 5.95. The molecule has 1 aromatic carbocycles. The highest BCUT2D eigenvalue weighted by molar-refractivity contribution is 6.31. The summed E-state index contributed by atoms with van der Waals surface area (Å²) in [6.07, 6.45) is 0.801. The third kappa shape index (κ3) is 1.89. The van der Waals surface area contributed by atoms with Crippen LogP contribution in [0.15, 0.2) is 18.2 Å². The zero-order valence-electron chi connectivity index (χ0n) is 10.6. The predicted molar refractivity (Wildman–Crippen MR) is 74.2 cm³/mol. The van der Waals surface area contributed by atoms with Gasteiger partial charge in [0.25, 0.3) is 0 Å². The number of nitrogens with zero attached hydrogens (tertiary/aromatic N) is 1. The Balaban J connectivity index is 1.94. The van der Waals surface area contributed by atoms with E-state index >= 15 is 0 Å². The number of hydrogen-bond donors (Lipinski definition) is 2. The fourth-order valence-corrected chi connectivity index (χ4v) is 3.23. The summed E-state index contributed by atoms with van der Waals surface area (Å²) in [7, 11) is 0. The van der Waals surface area contributed by atoms with Crippen LogP contribution in [0.3, 0.4) is 0 Å². The van der Waals surface area contributed by atoms with Gasteiger partial charge in [-0.3, -0.25) is 10.1 Å². The second kappa shape index (κ2) is 4.21. The van der Waals surface area contributed by atoms with Crippen molar-refractivity contribution in [2.45, 2.75) is 19.4 Å². The number of urea groups is 1. The highest BCUT2D eigenvalue weighted by Gasteiger charge is 2.52. The second-order valence-electron chi connectivity index (χ2n) is 5.15. The van der Waals surface area contributed by atoms with Gasteiger partial charge in [-0.1, -0.05) is 11.6 Å². The molecular weight excluding hydrogens is 266 g/mol. The minimum absolute atomic E-state index is 0.0369. The van der Waals surface area contributed by atoms with E-state index in [0.717, 1.165) is 17.8 Å². The van der Waals surface area contributed by atoms with Crippen LogP contribution in [0.4, 0.5) is 16.2 Å². The Morgan fingerprint density at radius 1 is 1.53 bits per heavy atom. The molecule has 1 saturated heterocycles. The molecule has 0 bridgehead atoms. The summed E-state index contributed by atoms with van der Waals surface area (Å²) in [6.45, 7) is 2.80.